The van der Waals surface area contributed by atoms with E-state index in [1.165, 1.54) is 19.2 Å². The van der Waals surface area contributed by atoms with E-state index in [0.717, 1.165) is 6.07 Å². The Labute approximate surface area is 184 Å². The van der Waals surface area contributed by atoms with Crippen LogP contribution in [0.15, 0.2) is 36.4 Å². The van der Waals surface area contributed by atoms with E-state index in [2.05, 4.69) is 0 Å². The van der Waals surface area contributed by atoms with E-state index in [0.29, 0.717) is 16.3 Å². The van der Waals surface area contributed by atoms with Crippen molar-refractivity contribution >= 4 is 29.0 Å². The maximum absolute atomic E-state index is 13.6. The molecule has 0 heterocycles. The second-order valence-electron chi connectivity index (χ2n) is 7.17. The summed E-state index contributed by atoms with van der Waals surface area (Å²) in [6.07, 6.45) is 0. The Bertz CT molecular complexity index is 1070. The van der Waals surface area contributed by atoms with Crippen molar-refractivity contribution in [1.29, 1.82) is 5.26 Å². The van der Waals surface area contributed by atoms with Gasteiger partial charge in [0.25, 0.3) is 5.69 Å². The number of nitro groups is 1. The summed E-state index contributed by atoms with van der Waals surface area (Å²) in [7, 11) is 1.43. The van der Waals surface area contributed by atoms with Crippen LogP contribution in [0.5, 0.6) is 5.75 Å². The van der Waals surface area contributed by atoms with Crippen molar-refractivity contribution in [3.05, 3.63) is 68.2 Å². The molecule has 9 heteroatoms. The summed E-state index contributed by atoms with van der Waals surface area (Å²) >= 11 is 6.07. The number of esters is 1. The minimum absolute atomic E-state index is 0.0120. The fourth-order valence-electron chi connectivity index (χ4n) is 3.17. The maximum Gasteiger partial charge on any atom is 0.321 e. The first-order chi connectivity index (χ1) is 14.6. The van der Waals surface area contributed by atoms with Crippen LogP contribution in [0.2, 0.25) is 5.02 Å². The molecule has 0 aliphatic carbocycles. The standard InChI is InChI=1S/C22H21ClN2O6/c1-5-31-21(27)19(15-8-6-13(12-24)10-17(15)25(28)29)20(26)22(2,3)14-7-9-16(23)18(11-14)30-4/h6-11,19H,5H2,1-4H3. The topological polar surface area (TPSA) is 120 Å². The van der Waals surface area contributed by atoms with Gasteiger partial charge in [0.05, 0.1) is 40.9 Å². The molecule has 8 nitrogen and oxygen atoms in total. The molecule has 0 amide bonds. The number of hydrogen-bond donors (Lipinski definition) is 0. The highest BCUT2D eigenvalue weighted by Gasteiger charge is 2.43. The van der Waals surface area contributed by atoms with Gasteiger partial charge in [-0.3, -0.25) is 19.7 Å². The number of nitriles is 1. The zero-order chi connectivity index (χ0) is 23.3. The van der Waals surface area contributed by atoms with Gasteiger partial charge in [-0.1, -0.05) is 17.7 Å². The third kappa shape index (κ3) is 4.84. The number of nitro benzene ring substituents is 1. The van der Waals surface area contributed by atoms with Crippen LogP contribution in [0.4, 0.5) is 5.69 Å². The van der Waals surface area contributed by atoms with Gasteiger partial charge < -0.3 is 9.47 Å². The predicted molar refractivity (Wildman–Crippen MR) is 113 cm³/mol. The van der Waals surface area contributed by atoms with Crippen molar-refractivity contribution in [2.45, 2.75) is 32.1 Å². The molecule has 0 fully saturated rings. The summed E-state index contributed by atoms with van der Waals surface area (Å²) in [5.74, 6) is -2.74. The zero-order valence-corrected chi connectivity index (χ0v) is 18.2. The summed E-state index contributed by atoms with van der Waals surface area (Å²) < 4.78 is 10.3. The van der Waals surface area contributed by atoms with E-state index in [1.807, 2.05) is 6.07 Å². The number of benzene rings is 2. The second-order valence-corrected chi connectivity index (χ2v) is 7.57. The van der Waals surface area contributed by atoms with Gasteiger partial charge in [-0.05, 0) is 50.6 Å². The van der Waals surface area contributed by atoms with E-state index >= 15 is 0 Å². The smallest absolute Gasteiger partial charge is 0.321 e. The highest BCUT2D eigenvalue weighted by atomic mass is 35.5. The lowest BCUT2D eigenvalue weighted by Gasteiger charge is -2.28. The van der Waals surface area contributed by atoms with E-state index < -0.39 is 33.7 Å². The Hall–Kier alpha value is -3.44. The van der Waals surface area contributed by atoms with Gasteiger partial charge in [0.2, 0.25) is 0 Å². The molecule has 1 unspecified atom stereocenters. The third-order valence-electron chi connectivity index (χ3n) is 4.94. The monoisotopic (exact) mass is 444 g/mol. The molecule has 162 valence electrons. The molecule has 0 bridgehead atoms. The number of carbonyl (C=O) groups excluding carboxylic acids is 2. The molecule has 0 N–H and O–H groups in total. The van der Waals surface area contributed by atoms with Crippen LogP contribution in [-0.4, -0.2) is 30.4 Å². The number of Topliss-reactive ketones (excluding diaryl/α,β-unsaturated/α-hetero) is 1. The van der Waals surface area contributed by atoms with Crippen LogP contribution in [0.25, 0.3) is 0 Å². The molecule has 0 aromatic heterocycles. The van der Waals surface area contributed by atoms with Crippen molar-refractivity contribution < 1.29 is 24.0 Å². The molecule has 0 aliphatic rings. The number of hydrogen-bond acceptors (Lipinski definition) is 7. The molecule has 0 radical (unpaired) electrons. The number of ketones is 1. The number of methoxy groups -OCH3 is 1. The zero-order valence-electron chi connectivity index (χ0n) is 17.5. The van der Waals surface area contributed by atoms with Crippen LogP contribution in [-0.2, 0) is 19.7 Å². The molecule has 31 heavy (non-hydrogen) atoms. The van der Waals surface area contributed by atoms with E-state index in [9.17, 15) is 19.7 Å². The molecule has 2 aromatic rings. The summed E-state index contributed by atoms with van der Waals surface area (Å²) in [5.41, 5.74) is -1.36. The fraction of sp³-hybridized carbons (Fsp3) is 0.318. The van der Waals surface area contributed by atoms with Crippen LogP contribution in [0, 0.1) is 21.4 Å². The summed E-state index contributed by atoms with van der Waals surface area (Å²) in [5, 5.41) is 21.1. The van der Waals surface area contributed by atoms with Crippen LogP contribution in [0.1, 0.15) is 43.4 Å². The highest BCUT2D eigenvalue weighted by molar-refractivity contribution is 6.32. The summed E-state index contributed by atoms with van der Waals surface area (Å²) in [4.78, 5) is 37.3. The molecule has 2 aromatic carbocycles. The average molecular weight is 445 g/mol. The fourth-order valence-corrected chi connectivity index (χ4v) is 3.36. The predicted octanol–water partition coefficient (Wildman–Crippen LogP) is 4.32. The van der Waals surface area contributed by atoms with Crippen LogP contribution < -0.4 is 4.74 Å². The third-order valence-corrected chi connectivity index (χ3v) is 5.25. The van der Waals surface area contributed by atoms with Gasteiger partial charge in [0.15, 0.2) is 5.78 Å². The van der Waals surface area contributed by atoms with Gasteiger partial charge in [0, 0.05) is 11.5 Å². The Morgan fingerprint density at radius 3 is 2.48 bits per heavy atom. The van der Waals surface area contributed by atoms with Gasteiger partial charge in [0.1, 0.15) is 11.7 Å². The van der Waals surface area contributed by atoms with Crippen molar-refractivity contribution in [3.8, 4) is 11.8 Å². The maximum atomic E-state index is 13.6. The second kappa shape index (κ2) is 9.58. The quantitative estimate of drug-likeness (QED) is 0.257. The van der Waals surface area contributed by atoms with Crippen LogP contribution >= 0.6 is 11.6 Å². The van der Waals surface area contributed by atoms with Gasteiger partial charge in [-0.2, -0.15) is 5.26 Å². The molecule has 0 saturated carbocycles. The molecule has 0 saturated heterocycles. The van der Waals surface area contributed by atoms with E-state index in [4.69, 9.17) is 26.3 Å². The lowest BCUT2D eigenvalue weighted by Crippen LogP contribution is -2.38. The highest BCUT2D eigenvalue weighted by Crippen LogP contribution is 2.38. The number of ether oxygens (including phenoxy) is 2. The molecular weight excluding hydrogens is 424 g/mol. The minimum Gasteiger partial charge on any atom is -0.495 e. The van der Waals surface area contributed by atoms with Gasteiger partial charge in [-0.25, -0.2) is 0 Å². The molecule has 0 aliphatic heterocycles. The van der Waals surface area contributed by atoms with Crippen LogP contribution in [0.3, 0.4) is 0 Å². The summed E-state index contributed by atoms with van der Waals surface area (Å²) in [6, 6.07) is 10.2. The number of carbonyl (C=O) groups is 2. The largest absolute Gasteiger partial charge is 0.495 e. The SMILES string of the molecule is CCOC(=O)C(C(=O)C(C)(C)c1ccc(Cl)c(OC)c1)c1ccc(C#N)cc1[N+](=O)[O-]. The number of nitrogens with zero attached hydrogens (tertiary/aromatic N) is 2. The average Bonchev–Trinajstić information content (AvgIpc) is 2.74. The first-order valence-electron chi connectivity index (χ1n) is 9.31. The normalized spacial score (nSPS) is 11.9. The molecular formula is C22H21ClN2O6. The molecule has 1 atom stereocenters. The Morgan fingerprint density at radius 2 is 1.94 bits per heavy atom. The number of rotatable bonds is 8. The first-order valence-corrected chi connectivity index (χ1v) is 9.69. The van der Waals surface area contributed by atoms with E-state index in [-0.39, 0.29) is 17.7 Å². The molecule has 2 rings (SSSR count). The Kier molecular flexibility index (Phi) is 7.37. The van der Waals surface area contributed by atoms with Crippen molar-refractivity contribution in [2.75, 3.05) is 13.7 Å². The molecule has 0 spiro atoms. The minimum atomic E-state index is -1.57. The summed E-state index contributed by atoms with van der Waals surface area (Å²) in [6.45, 7) is 4.75. The Morgan fingerprint density at radius 1 is 1.26 bits per heavy atom. The van der Waals surface area contributed by atoms with Crippen molar-refractivity contribution in [2.24, 2.45) is 0 Å². The number of halogens is 1. The van der Waals surface area contributed by atoms with Crippen molar-refractivity contribution in [3.63, 3.8) is 0 Å². The lowest BCUT2D eigenvalue weighted by atomic mass is 9.73. The van der Waals surface area contributed by atoms with Gasteiger partial charge >= 0.3 is 5.97 Å². The van der Waals surface area contributed by atoms with Gasteiger partial charge in [-0.15, -0.1) is 0 Å². The Balaban J connectivity index is 2.67. The van der Waals surface area contributed by atoms with Crippen molar-refractivity contribution in [1.82, 2.24) is 0 Å². The first kappa shape index (κ1) is 23.8. The lowest BCUT2D eigenvalue weighted by molar-refractivity contribution is -0.385. The van der Waals surface area contributed by atoms with E-state index in [1.54, 1.807) is 39.0 Å².